The van der Waals surface area contributed by atoms with Gasteiger partial charge in [-0.15, -0.1) is 0 Å². The van der Waals surface area contributed by atoms with Crippen LogP contribution >= 0.6 is 0 Å². The lowest BCUT2D eigenvalue weighted by molar-refractivity contribution is 0.599. The van der Waals surface area contributed by atoms with Crippen LogP contribution in [0.25, 0.3) is 21.9 Å². The highest BCUT2D eigenvalue weighted by Gasteiger charge is 2.17. The van der Waals surface area contributed by atoms with Crippen molar-refractivity contribution in [1.82, 2.24) is 25.1 Å². The van der Waals surface area contributed by atoms with Gasteiger partial charge in [0.05, 0.1) is 17.1 Å². The van der Waals surface area contributed by atoms with Crippen LogP contribution in [0.4, 0.5) is 11.6 Å². The molecule has 116 valence electrons. The zero-order valence-electron chi connectivity index (χ0n) is 12.0. The van der Waals surface area contributed by atoms with Gasteiger partial charge >= 0.3 is 0 Å². The van der Waals surface area contributed by atoms with E-state index in [0.29, 0.717) is 11.0 Å². The molecule has 1 aromatic carbocycles. The summed E-state index contributed by atoms with van der Waals surface area (Å²) < 4.78 is 23.9. The van der Waals surface area contributed by atoms with Gasteiger partial charge in [-0.25, -0.2) is 13.4 Å². The number of hydrogen-bond donors (Lipinski definition) is 3. The van der Waals surface area contributed by atoms with Crippen molar-refractivity contribution in [3.8, 4) is 0 Å². The summed E-state index contributed by atoms with van der Waals surface area (Å²) >= 11 is 0. The van der Waals surface area contributed by atoms with Gasteiger partial charge in [-0.3, -0.25) is 5.10 Å². The number of hydrogen-bond acceptors (Lipinski definition) is 6. The van der Waals surface area contributed by atoms with Crippen LogP contribution in [0.3, 0.4) is 0 Å². The Morgan fingerprint density at radius 2 is 2.04 bits per heavy atom. The van der Waals surface area contributed by atoms with Crippen molar-refractivity contribution >= 4 is 43.4 Å². The predicted octanol–water partition coefficient (Wildman–Crippen LogP) is 1.98. The second kappa shape index (κ2) is 4.78. The third-order valence-electron chi connectivity index (χ3n) is 3.43. The molecule has 4 aromatic rings. The van der Waals surface area contributed by atoms with Gasteiger partial charge in [0.15, 0.2) is 14.9 Å². The van der Waals surface area contributed by atoms with E-state index in [9.17, 15) is 8.42 Å². The van der Waals surface area contributed by atoms with Crippen LogP contribution in [-0.2, 0) is 9.84 Å². The van der Waals surface area contributed by atoms with Crippen LogP contribution in [0.5, 0.6) is 0 Å². The lowest BCUT2D eigenvalue weighted by Gasteiger charge is -2.07. The fourth-order valence-electron chi connectivity index (χ4n) is 2.40. The first-order valence-corrected chi connectivity index (χ1v) is 8.65. The van der Waals surface area contributed by atoms with Crippen LogP contribution in [0, 0.1) is 0 Å². The number of nitrogens with one attached hydrogen (secondary N) is 3. The third-order valence-corrected chi connectivity index (χ3v) is 4.44. The third kappa shape index (κ3) is 2.40. The van der Waals surface area contributed by atoms with Crippen LogP contribution in [0.1, 0.15) is 0 Å². The maximum absolute atomic E-state index is 11.9. The average molecular weight is 328 g/mol. The molecule has 0 aliphatic rings. The number of anilines is 2. The van der Waals surface area contributed by atoms with E-state index >= 15 is 0 Å². The molecule has 0 saturated carbocycles. The van der Waals surface area contributed by atoms with Crippen LogP contribution < -0.4 is 5.32 Å². The van der Waals surface area contributed by atoms with E-state index < -0.39 is 9.84 Å². The molecule has 0 aliphatic heterocycles. The summed E-state index contributed by atoms with van der Waals surface area (Å²) in [5.74, 6) is 0.208. The first-order chi connectivity index (χ1) is 11.0. The summed E-state index contributed by atoms with van der Waals surface area (Å²) in [7, 11) is -3.47. The highest BCUT2D eigenvalue weighted by atomic mass is 32.2. The van der Waals surface area contributed by atoms with E-state index in [1.54, 1.807) is 18.5 Å². The smallest absolute Gasteiger partial charge is 0.230 e. The molecule has 3 heterocycles. The maximum atomic E-state index is 11.9. The number of H-pyrrole nitrogens is 2. The largest absolute Gasteiger partial charge is 0.346 e. The number of fused-ring (bicyclic) bond motifs is 2. The fraction of sp³-hybridized carbons (Fsp3) is 0.0714. The van der Waals surface area contributed by atoms with Gasteiger partial charge in [0.1, 0.15) is 5.65 Å². The monoisotopic (exact) mass is 328 g/mol. The Hall–Kier alpha value is -2.94. The quantitative estimate of drug-likeness (QED) is 0.495. The van der Waals surface area contributed by atoms with E-state index in [1.165, 1.54) is 0 Å². The molecule has 4 rings (SSSR count). The summed E-state index contributed by atoms with van der Waals surface area (Å²) in [6, 6.07) is 7.24. The van der Waals surface area contributed by atoms with Gasteiger partial charge in [0, 0.05) is 23.5 Å². The van der Waals surface area contributed by atoms with Crippen molar-refractivity contribution in [2.75, 3.05) is 11.6 Å². The van der Waals surface area contributed by atoms with Gasteiger partial charge in [-0.1, -0.05) is 0 Å². The molecule has 0 fully saturated rings. The van der Waals surface area contributed by atoms with Gasteiger partial charge in [-0.2, -0.15) is 10.1 Å². The lowest BCUT2D eigenvalue weighted by atomic mass is 10.2. The van der Waals surface area contributed by atoms with E-state index in [4.69, 9.17) is 0 Å². The molecule has 8 nitrogen and oxygen atoms in total. The topological polar surface area (TPSA) is 116 Å². The SMILES string of the molecule is CS(=O)(=O)c1nc(Nc2ccc3cn[nH]c3c2)nc2[nH]ccc12. The molecule has 3 aromatic heterocycles. The number of benzene rings is 1. The van der Waals surface area contributed by atoms with Gasteiger partial charge in [0.2, 0.25) is 5.95 Å². The minimum absolute atomic E-state index is 0.00568. The zero-order valence-corrected chi connectivity index (χ0v) is 12.8. The Labute approximate surface area is 130 Å². The average Bonchev–Trinajstić information content (AvgIpc) is 3.12. The summed E-state index contributed by atoms with van der Waals surface area (Å²) in [6.45, 7) is 0. The van der Waals surface area contributed by atoms with Crippen molar-refractivity contribution in [2.45, 2.75) is 5.03 Å². The first kappa shape index (κ1) is 13.7. The minimum Gasteiger partial charge on any atom is -0.346 e. The molecule has 0 saturated heterocycles. The van der Waals surface area contributed by atoms with Gasteiger partial charge in [-0.05, 0) is 24.3 Å². The second-order valence-electron chi connectivity index (χ2n) is 5.16. The molecule has 0 bridgehead atoms. The summed E-state index contributed by atoms with van der Waals surface area (Å²) in [6.07, 6.45) is 4.49. The van der Waals surface area contributed by atoms with E-state index in [1.807, 2.05) is 18.2 Å². The Morgan fingerprint density at radius 1 is 1.17 bits per heavy atom. The Balaban J connectivity index is 1.82. The van der Waals surface area contributed by atoms with E-state index in [-0.39, 0.29) is 11.0 Å². The molecule has 0 aliphatic carbocycles. The molecule has 0 radical (unpaired) electrons. The van der Waals surface area contributed by atoms with Crippen molar-refractivity contribution in [1.29, 1.82) is 0 Å². The molecule has 23 heavy (non-hydrogen) atoms. The van der Waals surface area contributed by atoms with E-state index in [0.717, 1.165) is 22.8 Å². The van der Waals surface area contributed by atoms with Crippen LogP contribution in [0.15, 0.2) is 41.7 Å². The Bertz CT molecular complexity index is 1130. The summed E-state index contributed by atoms with van der Waals surface area (Å²) in [4.78, 5) is 11.4. The Kier molecular flexibility index (Phi) is 2.85. The molecule has 0 spiro atoms. The van der Waals surface area contributed by atoms with Gasteiger partial charge < -0.3 is 10.3 Å². The van der Waals surface area contributed by atoms with Crippen molar-refractivity contribution < 1.29 is 8.42 Å². The Morgan fingerprint density at radius 3 is 2.87 bits per heavy atom. The number of nitrogens with zero attached hydrogens (tertiary/aromatic N) is 3. The number of aromatic nitrogens is 5. The molecular formula is C14H12N6O2S. The van der Waals surface area contributed by atoms with Crippen LogP contribution in [-0.4, -0.2) is 39.8 Å². The molecule has 0 atom stereocenters. The van der Waals surface area contributed by atoms with Crippen molar-refractivity contribution in [3.05, 3.63) is 36.7 Å². The highest BCUT2D eigenvalue weighted by molar-refractivity contribution is 7.90. The fourth-order valence-corrected chi connectivity index (χ4v) is 3.21. The molecule has 0 unspecified atom stereocenters. The van der Waals surface area contributed by atoms with Crippen molar-refractivity contribution in [2.24, 2.45) is 0 Å². The molecular weight excluding hydrogens is 316 g/mol. The predicted molar refractivity (Wildman–Crippen MR) is 86.4 cm³/mol. The number of aromatic amines is 2. The molecule has 0 amide bonds. The lowest BCUT2D eigenvalue weighted by Crippen LogP contribution is -2.06. The number of rotatable bonds is 3. The molecule has 9 heteroatoms. The van der Waals surface area contributed by atoms with Crippen LogP contribution in [0.2, 0.25) is 0 Å². The first-order valence-electron chi connectivity index (χ1n) is 6.76. The minimum atomic E-state index is -3.47. The standard InChI is InChI=1S/C14H12N6O2S/c1-23(21,22)13-10-4-5-15-12(10)18-14(19-13)17-9-3-2-8-7-16-20-11(8)6-9/h2-7H,1H3,(H,16,20)(H2,15,17,18,19). The zero-order chi connectivity index (χ0) is 16.0. The normalized spacial score (nSPS) is 12.0. The van der Waals surface area contributed by atoms with Crippen molar-refractivity contribution in [3.63, 3.8) is 0 Å². The second-order valence-corrected chi connectivity index (χ2v) is 7.09. The number of sulfone groups is 1. The highest BCUT2D eigenvalue weighted by Crippen LogP contribution is 2.24. The maximum Gasteiger partial charge on any atom is 0.230 e. The van der Waals surface area contributed by atoms with Gasteiger partial charge in [0.25, 0.3) is 0 Å². The summed E-state index contributed by atoms with van der Waals surface area (Å²) in [5.41, 5.74) is 2.05. The summed E-state index contributed by atoms with van der Waals surface area (Å²) in [5, 5.41) is 11.3. The molecule has 3 N–H and O–H groups in total. The van der Waals surface area contributed by atoms with E-state index in [2.05, 4.69) is 30.5 Å².